The third-order valence-corrected chi connectivity index (χ3v) is 3.74. The quantitative estimate of drug-likeness (QED) is 0.842. The molecule has 4 heteroatoms. The maximum Gasteiger partial charge on any atom is 0.319 e. The third kappa shape index (κ3) is 5.33. The predicted octanol–water partition coefficient (Wildman–Crippen LogP) is 4.15. The zero-order valence-corrected chi connectivity index (χ0v) is 13.9. The summed E-state index contributed by atoms with van der Waals surface area (Å²) in [5, 5.41) is 5.82. The standard InChI is InChI=1S/C19H24N2O2/c1-14-13-17(11-12-18(14)23-3)21-19(22)20-15(2)9-10-16-7-5-4-6-8-16/h4-8,11-13,15H,9-10H2,1-3H3,(H2,20,21,22). The van der Waals surface area contributed by atoms with Gasteiger partial charge in [0, 0.05) is 11.7 Å². The van der Waals surface area contributed by atoms with E-state index in [4.69, 9.17) is 4.74 Å². The van der Waals surface area contributed by atoms with Crippen LogP contribution in [0.1, 0.15) is 24.5 Å². The van der Waals surface area contributed by atoms with Gasteiger partial charge in [0.05, 0.1) is 7.11 Å². The van der Waals surface area contributed by atoms with Crippen molar-refractivity contribution in [3.05, 3.63) is 59.7 Å². The second-order valence-electron chi connectivity index (χ2n) is 5.71. The summed E-state index contributed by atoms with van der Waals surface area (Å²) in [6.07, 6.45) is 1.85. The van der Waals surface area contributed by atoms with Crippen molar-refractivity contribution in [1.82, 2.24) is 5.32 Å². The van der Waals surface area contributed by atoms with Crippen molar-refractivity contribution in [2.75, 3.05) is 12.4 Å². The van der Waals surface area contributed by atoms with Crippen molar-refractivity contribution < 1.29 is 9.53 Å². The minimum Gasteiger partial charge on any atom is -0.496 e. The number of carbonyl (C=O) groups excluding carboxylic acids is 1. The van der Waals surface area contributed by atoms with Gasteiger partial charge in [0.2, 0.25) is 0 Å². The van der Waals surface area contributed by atoms with Crippen molar-refractivity contribution in [2.24, 2.45) is 0 Å². The van der Waals surface area contributed by atoms with Crippen LogP contribution in [-0.2, 0) is 6.42 Å². The molecule has 1 unspecified atom stereocenters. The lowest BCUT2D eigenvalue weighted by molar-refractivity contribution is 0.248. The Morgan fingerprint density at radius 3 is 2.57 bits per heavy atom. The Labute approximate surface area is 137 Å². The van der Waals surface area contributed by atoms with E-state index in [2.05, 4.69) is 22.8 Å². The molecule has 2 N–H and O–H groups in total. The normalized spacial score (nSPS) is 11.6. The van der Waals surface area contributed by atoms with E-state index in [-0.39, 0.29) is 12.1 Å². The predicted molar refractivity (Wildman–Crippen MR) is 94.1 cm³/mol. The van der Waals surface area contributed by atoms with E-state index >= 15 is 0 Å². The van der Waals surface area contributed by atoms with Crippen molar-refractivity contribution in [1.29, 1.82) is 0 Å². The molecule has 4 nitrogen and oxygen atoms in total. The number of hydrogen-bond acceptors (Lipinski definition) is 2. The molecule has 0 spiro atoms. The molecular weight excluding hydrogens is 288 g/mol. The van der Waals surface area contributed by atoms with Crippen LogP contribution in [0.3, 0.4) is 0 Å². The molecule has 0 aliphatic rings. The Hall–Kier alpha value is -2.49. The van der Waals surface area contributed by atoms with Gasteiger partial charge in [0.15, 0.2) is 0 Å². The van der Waals surface area contributed by atoms with Crippen LogP contribution in [0, 0.1) is 6.92 Å². The van der Waals surface area contributed by atoms with Gasteiger partial charge in [0.1, 0.15) is 5.75 Å². The molecule has 1 atom stereocenters. The largest absolute Gasteiger partial charge is 0.496 e. The Morgan fingerprint density at radius 1 is 1.17 bits per heavy atom. The van der Waals surface area contributed by atoms with Gasteiger partial charge in [0.25, 0.3) is 0 Å². The highest BCUT2D eigenvalue weighted by Crippen LogP contribution is 2.21. The molecule has 2 amide bonds. The summed E-state index contributed by atoms with van der Waals surface area (Å²) in [4.78, 5) is 12.0. The number of urea groups is 1. The Kier molecular flexibility index (Phi) is 6.03. The van der Waals surface area contributed by atoms with Crippen LogP contribution in [0.4, 0.5) is 10.5 Å². The average Bonchev–Trinajstić information content (AvgIpc) is 2.54. The third-order valence-electron chi connectivity index (χ3n) is 3.74. The number of anilines is 1. The summed E-state index contributed by atoms with van der Waals surface area (Å²) < 4.78 is 5.22. The van der Waals surface area contributed by atoms with E-state index in [0.717, 1.165) is 29.8 Å². The topological polar surface area (TPSA) is 50.4 Å². The molecule has 0 radical (unpaired) electrons. The van der Waals surface area contributed by atoms with Crippen molar-refractivity contribution >= 4 is 11.7 Å². The van der Waals surface area contributed by atoms with E-state index in [1.165, 1.54) is 5.56 Å². The van der Waals surface area contributed by atoms with Crippen LogP contribution < -0.4 is 15.4 Å². The van der Waals surface area contributed by atoms with Crippen molar-refractivity contribution in [3.8, 4) is 5.75 Å². The zero-order valence-electron chi connectivity index (χ0n) is 13.9. The Morgan fingerprint density at radius 2 is 1.91 bits per heavy atom. The molecule has 23 heavy (non-hydrogen) atoms. The monoisotopic (exact) mass is 312 g/mol. The van der Waals surface area contributed by atoms with Crippen LogP contribution in [0.15, 0.2) is 48.5 Å². The highest BCUT2D eigenvalue weighted by atomic mass is 16.5. The van der Waals surface area contributed by atoms with Gasteiger partial charge in [-0.05, 0) is 56.0 Å². The molecule has 0 aliphatic heterocycles. The first-order chi connectivity index (χ1) is 11.1. The highest BCUT2D eigenvalue weighted by molar-refractivity contribution is 5.89. The minimum absolute atomic E-state index is 0.106. The lowest BCUT2D eigenvalue weighted by atomic mass is 10.1. The number of amides is 2. The Bertz CT molecular complexity index is 641. The smallest absolute Gasteiger partial charge is 0.319 e. The summed E-state index contributed by atoms with van der Waals surface area (Å²) in [5.74, 6) is 0.812. The molecule has 2 aromatic carbocycles. The van der Waals surface area contributed by atoms with Crippen LogP contribution in [-0.4, -0.2) is 19.2 Å². The van der Waals surface area contributed by atoms with Crippen LogP contribution >= 0.6 is 0 Å². The number of aryl methyl sites for hydroxylation is 2. The van der Waals surface area contributed by atoms with Gasteiger partial charge in [-0.3, -0.25) is 0 Å². The molecule has 122 valence electrons. The second kappa shape index (κ2) is 8.22. The van der Waals surface area contributed by atoms with E-state index in [1.54, 1.807) is 7.11 Å². The molecule has 0 aromatic heterocycles. The number of nitrogens with one attached hydrogen (secondary N) is 2. The molecule has 0 aliphatic carbocycles. The van der Waals surface area contributed by atoms with Gasteiger partial charge in [-0.25, -0.2) is 4.79 Å². The van der Waals surface area contributed by atoms with E-state index in [9.17, 15) is 4.79 Å². The molecule has 2 aromatic rings. The molecule has 0 fully saturated rings. The number of rotatable bonds is 6. The summed E-state index contributed by atoms with van der Waals surface area (Å²) >= 11 is 0. The Balaban J connectivity index is 1.80. The number of benzene rings is 2. The lowest BCUT2D eigenvalue weighted by Gasteiger charge is -2.15. The molecule has 0 bridgehead atoms. The van der Waals surface area contributed by atoms with Gasteiger partial charge in [-0.2, -0.15) is 0 Å². The maximum atomic E-state index is 12.0. The molecule has 2 rings (SSSR count). The average molecular weight is 312 g/mol. The summed E-state index contributed by atoms with van der Waals surface area (Å²) in [7, 11) is 1.64. The highest BCUT2D eigenvalue weighted by Gasteiger charge is 2.08. The maximum absolute atomic E-state index is 12.0. The molecule has 0 saturated carbocycles. The van der Waals surface area contributed by atoms with Crippen LogP contribution in [0.25, 0.3) is 0 Å². The first-order valence-electron chi connectivity index (χ1n) is 7.84. The summed E-state index contributed by atoms with van der Waals surface area (Å²) in [6.45, 7) is 3.96. The number of methoxy groups -OCH3 is 1. The van der Waals surface area contributed by atoms with Crippen LogP contribution in [0.2, 0.25) is 0 Å². The molecular formula is C19H24N2O2. The van der Waals surface area contributed by atoms with Gasteiger partial charge >= 0.3 is 6.03 Å². The molecule has 0 heterocycles. The first-order valence-corrected chi connectivity index (χ1v) is 7.84. The van der Waals surface area contributed by atoms with E-state index < -0.39 is 0 Å². The number of hydrogen-bond donors (Lipinski definition) is 2. The SMILES string of the molecule is COc1ccc(NC(=O)NC(C)CCc2ccccc2)cc1C. The van der Waals surface area contributed by atoms with E-state index in [0.29, 0.717) is 0 Å². The summed E-state index contributed by atoms with van der Waals surface area (Å²) in [5.41, 5.74) is 3.03. The fraction of sp³-hybridized carbons (Fsp3) is 0.316. The van der Waals surface area contributed by atoms with Gasteiger partial charge in [-0.15, -0.1) is 0 Å². The van der Waals surface area contributed by atoms with Crippen molar-refractivity contribution in [2.45, 2.75) is 32.7 Å². The van der Waals surface area contributed by atoms with Crippen LogP contribution in [0.5, 0.6) is 5.75 Å². The summed E-state index contributed by atoms with van der Waals surface area (Å²) in [6, 6.07) is 15.8. The lowest BCUT2D eigenvalue weighted by Crippen LogP contribution is -2.36. The minimum atomic E-state index is -0.185. The van der Waals surface area contributed by atoms with Gasteiger partial charge < -0.3 is 15.4 Å². The second-order valence-corrected chi connectivity index (χ2v) is 5.71. The fourth-order valence-corrected chi connectivity index (χ4v) is 2.45. The first kappa shape index (κ1) is 16.9. The number of ether oxygens (including phenoxy) is 1. The van der Waals surface area contributed by atoms with E-state index in [1.807, 2.05) is 50.2 Å². The fourth-order valence-electron chi connectivity index (χ4n) is 2.45. The van der Waals surface area contributed by atoms with Crippen molar-refractivity contribution in [3.63, 3.8) is 0 Å². The molecule has 0 saturated heterocycles. The number of carbonyl (C=O) groups is 1. The zero-order chi connectivity index (χ0) is 16.7. The van der Waals surface area contributed by atoms with Gasteiger partial charge in [-0.1, -0.05) is 30.3 Å².